The standard InChI is InChI=1S/C18H18F4O5S/c1-3-10(2)11-4-6-12(7-5-11)26-8-9-27-17-13(19)15(21)18(28(23,24)25)16(22)14(17)20/h4-7,10H,3,8-9H2,1-2H3,(H,23,24,25)/p-1. The summed E-state index contributed by atoms with van der Waals surface area (Å²) in [4.78, 5) is -2.23. The van der Waals surface area contributed by atoms with E-state index in [2.05, 4.69) is 18.6 Å². The summed E-state index contributed by atoms with van der Waals surface area (Å²) in [5.41, 5.74) is 1.11. The van der Waals surface area contributed by atoms with E-state index in [1.807, 2.05) is 12.1 Å². The molecule has 2 aromatic carbocycles. The summed E-state index contributed by atoms with van der Waals surface area (Å²) in [6.07, 6.45) is 0.963. The van der Waals surface area contributed by atoms with Crippen LogP contribution in [0.4, 0.5) is 17.6 Å². The van der Waals surface area contributed by atoms with Gasteiger partial charge in [0.25, 0.3) is 0 Å². The molecule has 154 valence electrons. The van der Waals surface area contributed by atoms with E-state index >= 15 is 0 Å². The first-order valence-electron chi connectivity index (χ1n) is 8.25. The van der Waals surface area contributed by atoms with E-state index in [1.54, 1.807) is 12.1 Å². The van der Waals surface area contributed by atoms with Gasteiger partial charge in [0, 0.05) is 0 Å². The van der Waals surface area contributed by atoms with Crippen molar-refractivity contribution in [2.75, 3.05) is 13.2 Å². The normalized spacial score (nSPS) is 12.7. The largest absolute Gasteiger partial charge is 0.744 e. The Hall–Kier alpha value is -2.33. The van der Waals surface area contributed by atoms with Gasteiger partial charge in [-0.15, -0.1) is 0 Å². The molecule has 0 aromatic heterocycles. The van der Waals surface area contributed by atoms with Crippen LogP contribution in [-0.4, -0.2) is 26.2 Å². The first-order chi connectivity index (χ1) is 13.1. The average Bonchev–Trinajstić information content (AvgIpc) is 2.64. The van der Waals surface area contributed by atoms with Crippen molar-refractivity contribution < 1.29 is 40.0 Å². The molecule has 0 spiro atoms. The van der Waals surface area contributed by atoms with Crippen LogP contribution < -0.4 is 9.47 Å². The third-order valence-electron chi connectivity index (χ3n) is 4.09. The maximum Gasteiger partial charge on any atom is 0.205 e. The minimum Gasteiger partial charge on any atom is -0.744 e. The van der Waals surface area contributed by atoms with E-state index in [1.165, 1.54) is 0 Å². The molecule has 0 saturated carbocycles. The van der Waals surface area contributed by atoms with Gasteiger partial charge in [0.1, 0.15) is 34.0 Å². The van der Waals surface area contributed by atoms with Gasteiger partial charge in [-0.2, -0.15) is 8.78 Å². The van der Waals surface area contributed by atoms with Gasteiger partial charge < -0.3 is 14.0 Å². The van der Waals surface area contributed by atoms with Crippen molar-refractivity contribution >= 4 is 10.1 Å². The quantitative estimate of drug-likeness (QED) is 0.277. The smallest absolute Gasteiger partial charge is 0.205 e. The predicted molar refractivity (Wildman–Crippen MR) is 90.4 cm³/mol. The average molecular weight is 421 g/mol. The zero-order chi connectivity index (χ0) is 21.1. The van der Waals surface area contributed by atoms with E-state index in [9.17, 15) is 30.5 Å². The highest BCUT2D eigenvalue weighted by Crippen LogP contribution is 2.32. The molecule has 10 heteroatoms. The maximum absolute atomic E-state index is 13.8. The van der Waals surface area contributed by atoms with Crippen molar-refractivity contribution in [2.24, 2.45) is 0 Å². The molecular weight excluding hydrogens is 404 g/mol. The third kappa shape index (κ3) is 4.74. The summed E-state index contributed by atoms with van der Waals surface area (Å²) in [6, 6.07) is 7.10. The lowest BCUT2D eigenvalue weighted by Crippen LogP contribution is -2.15. The molecule has 0 aliphatic carbocycles. The zero-order valence-electron chi connectivity index (χ0n) is 15.0. The van der Waals surface area contributed by atoms with Crippen molar-refractivity contribution in [3.8, 4) is 11.5 Å². The van der Waals surface area contributed by atoms with Crippen molar-refractivity contribution in [2.45, 2.75) is 31.1 Å². The third-order valence-corrected chi connectivity index (χ3v) is 4.95. The molecule has 0 fully saturated rings. The lowest BCUT2D eigenvalue weighted by Gasteiger charge is -2.15. The number of hydrogen-bond donors (Lipinski definition) is 0. The molecule has 28 heavy (non-hydrogen) atoms. The van der Waals surface area contributed by atoms with E-state index in [-0.39, 0.29) is 6.61 Å². The molecule has 0 amide bonds. The Balaban J connectivity index is 2.06. The van der Waals surface area contributed by atoms with Gasteiger partial charge >= 0.3 is 0 Å². The van der Waals surface area contributed by atoms with Crippen LogP contribution in [0.1, 0.15) is 31.7 Å². The molecule has 0 heterocycles. The van der Waals surface area contributed by atoms with E-state index in [0.717, 1.165) is 12.0 Å². The lowest BCUT2D eigenvalue weighted by molar-refractivity contribution is 0.199. The van der Waals surface area contributed by atoms with Gasteiger partial charge in [-0.05, 0) is 30.0 Å². The van der Waals surface area contributed by atoms with Crippen LogP contribution >= 0.6 is 0 Å². The minimum absolute atomic E-state index is 0.216. The zero-order valence-corrected chi connectivity index (χ0v) is 15.8. The Labute approximate surface area is 159 Å². The Morgan fingerprint density at radius 3 is 1.89 bits per heavy atom. The highest BCUT2D eigenvalue weighted by molar-refractivity contribution is 7.85. The highest BCUT2D eigenvalue weighted by atomic mass is 32.2. The number of benzene rings is 2. The molecule has 0 N–H and O–H groups in total. The topological polar surface area (TPSA) is 75.7 Å². The van der Waals surface area contributed by atoms with Gasteiger partial charge in [-0.1, -0.05) is 26.0 Å². The Kier molecular flexibility index (Phi) is 6.89. The van der Waals surface area contributed by atoms with Crippen LogP contribution in [0.5, 0.6) is 11.5 Å². The molecule has 1 atom stereocenters. The molecule has 0 aliphatic heterocycles. The number of ether oxygens (including phenoxy) is 2. The van der Waals surface area contributed by atoms with Gasteiger partial charge in [-0.3, -0.25) is 0 Å². The summed E-state index contributed by atoms with van der Waals surface area (Å²) in [6.45, 7) is 3.40. The molecule has 0 bridgehead atoms. The number of hydrogen-bond acceptors (Lipinski definition) is 5. The molecule has 1 unspecified atom stereocenters. The van der Waals surface area contributed by atoms with Gasteiger partial charge in [0.05, 0.1) is 0 Å². The molecule has 5 nitrogen and oxygen atoms in total. The summed E-state index contributed by atoms with van der Waals surface area (Å²) >= 11 is 0. The molecular formula is C18H17F4O5S-. The SMILES string of the molecule is CCC(C)c1ccc(OCCOc2c(F)c(F)c(S(=O)(=O)[O-])c(F)c2F)cc1. The fraction of sp³-hybridized carbons (Fsp3) is 0.333. The van der Waals surface area contributed by atoms with Crippen LogP contribution in [0.3, 0.4) is 0 Å². The summed E-state index contributed by atoms with van der Waals surface area (Å²) in [7, 11) is -5.76. The van der Waals surface area contributed by atoms with Crippen LogP contribution in [0.2, 0.25) is 0 Å². The Morgan fingerprint density at radius 1 is 0.929 bits per heavy atom. The van der Waals surface area contributed by atoms with Crippen molar-refractivity contribution in [1.29, 1.82) is 0 Å². The molecule has 0 aliphatic rings. The maximum atomic E-state index is 13.8. The molecule has 0 radical (unpaired) electrons. The van der Waals surface area contributed by atoms with Crippen LogP contribution in [0.25, 0.3) is 0 Å². The number of halogens is 4. The molecule has 2 aromatic rings. The lowest BCUT2D eigenvalue weighted by atomic mass is 9.99. The first kappa shape index (κ1) is 22.0. The second-order valence-electron chi connectivity index (χ2n) is 5.94. The van der Waals surface area contributed by atoms with Gasteiger partial charge in [0.15, 0.2) is 17.4 Å². The van der Waals surface area contributed by atoms with Crippen LogP contribution in [0.15, 0.2) is 29.2 Å². The summed E-state index contributed by atoms with van der Waals surface area (Å²) in [5, 5.41) is 0. The van der Waals surface area contributed by atoms with Crippen molar-refractivity contribution in [3.63, 3.8) is 0 Å². The van der Waals surface area contributed by atoms with Gasteiger partial charge in [-0.25, -0.2) is 17.2 Å². The highest BCUT2D eigenvalue weighted by Gasteiger charge is 2.30. The van der Waals surface area contributed by atoms with Crippen molar-refractivity contribution in [3.05, 3.63) is 53.1 Å². The van der Waals surface area contributed by atoms with Crippen LogP contribution in [-0.2, 0) is 10.1 Å². The second kappa shape index (κ2) is 8.78. The summed E-state index contributed by atoms with van der Waals surface area (Å²) < 4.78 is 97.1. The minimum atomic E-state index is -5.76. The van der Waals surface area contributed by atoms with Crippen LogP contribution in [0, 0.1) is 23.3 Å². The first-order valence-corrected chi connectivity index (χ1v) is 9.66. The van der Waals surface area contributed by atoms with E-state index in [4.69, 9.17) is 4.74 Å². The fourth-order valence-electron chi connectivity index (χ4n) is 2.37. The van der Waals surface area contributed by atoms with E-state index in [0.29, 0.717) is 11.7 Å². The number of rotatable bonds is 8. The monoisotopic (exact) mass is 421 g/mol. The van der Waals surface area contributed by atoms with Gasteiger partial charge in [0.2, 0.25) is 11.6 Å². The molecule has 2 rings (SSSR count). The Morgan fingerprint density at radius 2 is 1.43 bits per heavy atom. The summed E-state index contributed by atoms with van der Waals surface area (Å²) in [5.74, 6) is -9.58. The fourth-order valence-corrected chi connectivity index (χ4v) is 2.99. The molecule has 0 saturated heterocycles. The Bertz CT molecular complexity index is 916. The van der Waals surface area contributed by atoms with Crippen molar-refractivity contribution in [1.82, 2.24) is 0 Å². The van der Waals surface area contributed by atoms with E-state index < -0.39 is 50.6 Å². The second-order valence-corrected chi connectivity index (χ2v) is 7.26. The predicted octanol–water partition coefficient (Wildman–Crippen LogP) is 4.12.